The van der Waals surface area contributed by atoms with E-state index in [4.69, 9.17) is 0 Å². The van der Waals surface area contributed by atoms with Gasteiger partial charge >= 0.3 is 0 Å². The molecule has 0 aliphatic carbocycles. The molecule has 0 saturated carbocycles. The second kappa shape index (κ2) is 4.56. The van der Waals surface area contributed by atoms with Crippen molar-refractivity contribution in [2.45, 2.75) is 52.6 Å². The minimum atomic E-state index is 0.230. The van der Waals surface area contributed by atoms with Gasteiger partial charge in [0.05, 0.1) is 6.04 Å². The molecular formula is C13H26N2. The first kappa shape index (κ1) is 12.6. The molecule has 0 aromatic heterocycles. The van der Waals surface area contributed by atoms with Crippen molar-refractivity contribution in [2.75, 3.05) is 13.6 Å². The average Bonchev–Trinajstić information content (AvgIpc) is 2.49. The first-order valence-electron chi connectivity index (χ1n) is 6.00. The molecule has 0 radical (unpaired) electrons. The second-order valence-corrected chi connectivity index (χ2v) is 5.76. The zero-order valence-electron chi connectivity index (χ0n) is 10.9. The summed E-state index contributed by atoms with van der Waals surface area (Å²) in [5.74, 6) is 0. The Bertz CT molecular complexity index is 227. The second-order valence-electron chi connectivity index (χ2n) is 5.76. The summed E-state index contributed by atoms with van der Waals surface area (Å²) in [5, 5.41) is 3.40. The topological polar surface area (TPSA) is 15.3 Å². The van der Waals surface area contributed by atoms with E-state index in [1.807, 2.05) is 7.05 Å². The summed E-state index contributed by atoms with van der Waals surface area (Å²) in [4.78, 5) is 2.46. The molecule has 2 unspecified atom stereocenters. The van der Waals surface area contributed by atoms with E-state index in [1.165, 1.54) is 25.1 Å². The summed E-state index contributed by atoms with van der Waals surface area (Å²) in [7, 11) is 2.03. The molecule has 2 atom stereocenters. The molecule has 0 bridgehead atoms. The van der Waals surface area contributed by atoms with Gasteiger partial charge in [-0.2, -0.15) is 0 Å². The molecule has 1 aliphatic heterocycles. The number of nitrogens with zero attached hydrogens (tertiary/aromatic N) is 1. The van der Waals surface area contributed by atoms with Gasteiger partial charge in [-0.1, -0.05) is 27.4 Å². The summed E-state index contributed by atoms with van der Waals surface area (Å²) >= 11 is 0. The number of hydrogen-bond donors (Lipinski definition) is 1. The van der Waals surface area contributed by atoms with Crippen LogP contribution in [0.2, 0.25) is 0 Å². The lowest BCUT2D eigenvalue weighted by molar-refractivity contribution is 0.234. The van der Waals surface area contributed by atoms with E-state index >= 15 is 0 Å². The SMILES string of the molecule is C=C(C(NC)C(C)(C)C)N1CCCC1C. The molecule has 1 saturated heterocycles. The monoisotopic (exact) mass is 210 g/mol. The molecule has 1 heterocycles. The fourth-order valence-corrected chi connectivity index (χ4v) is 2.63. The van der Waals surface area contributed by atoms with Crippen LogP contribution in [0.5, 0.6) is 0 Å². The first-order chi connectivity index (χ1) is 6.88. The van der Waals surface area contributed by atoms with Crippen molar-refractivity contribution in [1.29, 1.82) is 0 Å². The molecule has 0 amide bonds. The van der Waals surface area contributed by atoms with Gasteiger partial charge in [0.1, 0.15) is 0 Å². The van der Waals surface area contributed by atoms with Gasteiger partial charge in [0, 0.05) is 18.3 Å². The van der Waals surface area contributed by atoms with Gasteiger partial charge < -0.3 is 10.2 Å². The van der Waals surface area contributed by atoms with Crippen molar-refractivity contribution in [1.82, 2.24) is 10.2 Å². The highest BCUT2D eigenvalue weighted by Crippen LogP contribution is 2.30. The molecule has 0 aromatic carbocycles. The Kier molecular flexibility index (Phi) is 3.82. The van der Waals surface area contributed by atoms with Crippen molar-refractivity contribution in [3.63, 3.8) is 0 Å². The third-order valence-electron chi connectivity index (χ3n) is 3.41. The highest BCUT2D eigenvalue weighted by atomic mass is 15.2. The van der Waals surface area contributed by atoms with Crippen LogP contribution < -0.4 is 5.32 Å². The molecule has 1 aliphatic rings. The molecular weight excluding hydrogens is 184 g/mol. The fourth-order valence-electron chi connectivity index (χ4n) is 2.63. The molecule has 1 fully saturated rings. The Labute approximate surface area is 94.7 Å². The standard InChI is InChI=1S/C13H26N2/c1-10-8-7-9-15(10)11(2)12(14-6)13(3,4)5/h10,12,14H,2,7-9H2,1,3-6H3. The highest BCUT2D eigenvalue weighted by Gasteiger charge is 2.31. The fraction of sp³-hybridized carbons (Fsp3) is 0.846. The number of nitrogens with one attached hydrogen (secondary N) is 1. The molecule has 88 valence electrons. The van der Waals surface area contributed by atoms with Crippen molar-refractivity contribution in [3.8, 4) is 0 Å². The van der Waals surface area contributed by atoms with Gasteiger partial charge in [-0.25, -0.2) is 0 Å². The molecule has 2 heteroatoms. The zero-order valence-corrected chi connectivity index (χ0v) is 10.9. The van der Waals surface area contributed by atoms with Gasteiger partial charge in [-0.15, -0.1) is 0 Å². The van der Waals surface area contributed by atoms with Crippen LogP contribution >= 0.6 is 0 Å². The van der Waals surface area contributed by atoms with Gasteiger partial charge in [0.15, 0.2) is 0 Å². The summed E-state index contributed by atoms with van der Waals surface area (Å²) in [6, 6.07) is 1.04. The van der Waals surface area contributed by atoms with Crippen LogP contribution in [0.25, 0.3) is 0 Å². The summed E-state index contributed by atoms with van der Waals surface area (Å²) in [6.45, 7) is 14.6. The third kappa shape index (κ3) is 2.75. The molecule has 0 spiro atoms. The van der Waals surface area contributed by atoms with E-state index in [9.17, 15) is 0 Å². The lowest BCUT2D eigenvalue weighted by Gasteiger charge is -2.38. The predicted octanol–water partition coefficient (Wildman–Crippen LogP) is 2.62. The van der Waals surface area contributed by atoms with E-state index < -0.39 is 0 Å². The van der Waals surface area contributed by atoms with Crippen LogP contribution in [0.4, 0.5) is 0 Å². The molecule has 2 nitrogen and oxygen atoms in total. The van der Waals surface area contributed by atoms with Gasteiger partial charge in [-0.3, -0.25) is 0 Å². The van der Waals surface area contributed by atoms with Crippen molar-refractivity contribution in [3.05, 3.63) is 12.3 Å². The number of likely N-dealkylation sites (N-methyl/N-ethyl adjacent to an activating group) is 1. The van der Waals surface area contributed by atoms with Crippen molar-refractivity contribution >= 4 is 0 Å². The van der Waals surface area contributed by atoms with E-state index in [1.54, 1.807) is 0 Å². The van der Waals surface area contributed by atoms with Crippen LogP contribution in [0, 0.1) is 5.41 Å². The maximum absolute atomic E-state index is 4.29. The van der Waals surface area contributed by atoms with Crippen molar-refractivity contribution < 1.29 is 0 Å². The lowest BCUT2D eigenvalue weighted by Crippen LogP contribution is -2.45. The van der Waals surface area contributed by atoms with Crippen LogP contribution in [0.1, 0.15) is 40.5 Å². The van der Waals surface area contributed by atoms with Crippen LogP contribution in [0.15, 0.2) is 12.3 Å². The zero-order chi connectivity index (χ0) is 11.6. The quantitative estimate of drug-likeness (QED) is 0.770. The Morgan fingerprint density at radius 1 is 1.47 bits per heavy atom. The number of rotatable bonds is 3. The largest absolute Gasteiger partial charge is 0.371 e. The lowest BCUT2D eigenvalue weighted by atomic mass is 9.84. The van der Waals surface area contributed by atoms with Gasteiger partial charge in [-0.05, 0) is 32.2 Å². The van der Waals surface area contributed by atoms with Crippen LogP contribution in [-0.2, 0) is 0 Å². The molecule has 1 N–H and O–H groups in total. The highest BCUT2D eigenvalue weighted by molar-refractivity contribution is 5.11. The molecule has 1 rings (SSSR count). The maximum atomic E-state index is 4.29. The maximum Gasteiger partial charge on any atom is 0.0512 e. The minimum Gasteiger partial charge on any atom is -0.371 e. The summed E-state index contributed by atoms with van der Waals surface area (Å²) in [5.41, 5.74) is 1.49. The van der Waals surface area contributed by atoms with E-state index in [0.29, 0.717) is 12.1 Å². The minimum absolute atomic E-state index is 0.230. The van der Waals surface area contributed by atoms with Gasteiger partial charge in [0.25, 0.3) is 0 Å². The smallest absolute Gasteiger partial charge is 0.0512 e. The molecule has 0 aromatic rings. The molecule has 15 heavy (non-hydrogen) atoms. The predicted molar refractivity (Wildman–Crippen MR) is 66.8 cm³/mol. The number of hydrogen-bond acceptors (Lipinski definition) is 2. The Morgan fingerprint density at radius 3 is 2.40 bits per heavy atom. The number of likely N-dealkylation sites (tertiary alicyclic amines) is 1. The Hall–Kier alpha value is -0.500. The van der Waals surface area contributed by atoms with E-state index in [0.717, 1.165) is 0 Å². The van der Waals surface area contributed by atoms with Crippen LogP contribution in [-0.4, -0.2) is 30.6 Å². The summed E-state index contributed by atoms with van der Waals surface area (Å²) < 4.78 is 0. The normalized spacial score (nSPS) is 24.3. The van der Waals surface area contributed by atoms with Crippen molar-refractivity contribution in [2.24, 2.45) is 5.41 Å². The van der Waals surface area contributed by atoms with Gasteiger partial charge in [0.2, 0.25) is 0 Å². The van der Waals surface area contributed by atoms with E-state index in [2.05, 4.69) is 44.5 Å². The Balaban J connectivity index is 2.73. The summed E-state index contributed by atoms with van der Waals surface area (Å²) in [6.07, 6.45) is 2.61. The average molecular weight is 210 g/mol. The van der Waals surface area contributed by atoms with Crippen LogP contribution in [0.3, 0.4) is 0 Å². The first-order valence-corrected chi connectivity index (χ1v) is 6.00. The third-order valence-corrected chi connectivity index (χ3v) is 3.41. The Morgan fingerprint density at radius 2 is 2.07 bits per heavy atom. The van der Waals surface area contributed by atoms with E-state index in [-0.39, 0.29) is 5.41 Å².